The van der Waals surface area contributed by atoms with E-state index in [1.165, 1.54) is 64.7 Å². The highest BCUT2D eigenvalue weighted by molar-refractivity contribution is 4.81. The van der Waals surface area contributed by atoms with E-state index < -0.39 is 0 Å². The van der Waals surface area contributed by atoms with Crippen molar-refractivity contribution >= 4 is 0 Å². The van der Waals surface area contributed by atoms with Crippen molar-refractivity contribution in [3.8, 4) is 0 Å². The van der Waals surface area contributed by atoms with Gasteiger partial charge in [0.2, 0.25) is 0 Å². The molecule has 0 radical (unpaired) electrons. The van der Waals surface area contributed by atoms with Crippen LogP contribution in [0.3, 0.4) is 0 Å². The second-order valence-electron chi connectivity index (χ2n) is 8.44. The lowest BCUT2D eigenvalue weighted by Crippen LogP contribution is -2.53. The Hall–Kier alpha value is -0.120. The molecule has 2 fully saturated rings. The quantitative estimate of drug-likeness (QED) is 0.699. The van der Waals surface area contributed by atoms with Crippen LogP contribution < -0.4 is 0 Å². The normalized spacial score (nSPS) is 31.2. The molecule has 0 unspecified atom stereocenters. The van der Waals surface area contributed by atoms with Crippen molar-refractivity contribution in [3.63, 3.8) is 0 Å². The van der Waals surface area contributed by atoms with Crippen molar-refractivity contribution in [3.05, 3.63) is 0 Å². The molecule has 0 aromatic heterocycles. The van der Waals surface area contributed by atoms with Gasteiger partial charge in [-0.05, 0) is 85.6 Å². The maximum absolute atomic E-state index is 5.97. The summed E-state index contributed by atoms with van der Waals surface area (Å²) in [5.41, 5.74) is 0. The third-order valence-corrected chi connectivity index (χ3v) is 5.84. The number of ether oxygens (including phenoxy) is 1. The third kappa shape index (κ3) is 6.36. The summed E-state index contributed by atoms with van der Waals surface area (Å²) < 4.78 is 5.97. The molecule has 2 rings (SSSR count). The molecule has 1 heterocycles. The van der Waals surface area contributed by atoms with Gasteiger partial charge in [0.25, 0.3) is 0 Å². The van der Waals surface area contributed by atoms with E-state index in [0.717, 1.165) is 12.0 Å². The second kappa shape index (κ2) is 9.39. The minimum Gasteiger partial charge on any atom is -0.376 e. The Balaban J connectivity index is 1.59. The van der Waals surface area contributed by atoms with Gasteiger partial charge in [-0.1, -0.05) is 0 Å². The van der Waals surface area contributed by atoms with Gasteiger partial charge in [-0.15, -0.1) is 0 Å². The summed E-state index contributed by atoms with van der Waals surface area (Å²) in [6.45, 7) is 16.4. The van der Waals surface area contributed by atoms with Gasteiger partial charge in [-0.2, -0.15) is 0 Å². The number of nitrogens with zero attached hydrogens (tertiary/aromatic N) is 2. The van der Waals surface area contributed by atoms with Gasteiger partial charge in [0.1, 0.15) is 0 Å². The summed E-state index contributed by atoms with van der Waals surface area (Å²) in [7, 11) is 0. The highest BCUT2D eigenvalue weighted by Gasteiger charge is 2.26. The van der Waals surface area contributed by atoms with Crippen LogP contribution in [0.4, 0.5) is 0 Å². The predicted octanol–water partition coefficient (Wildman–Crippen LogP) is 4.16. The molecule has 2 aliphatic rings. The van der Waals surface area contributed by atoms with E-state index in [-0.39, 0.29) is 0 Å². The topological polar surface area (TPSA) is 15.7 Å². The van der Waals surface area contributed by atoms with E-state index in [4.69, 9.17) is 4.74 Å². The molecule has 3 nitrogen and oxygen atoms in total. The average Bonchev–Trinajstić information content (AvgIpc) is 2.50. The minimum absolute atomic E-state index is 0.391. The zero-order valence-electron chi connectivity index (χ0n) is 16.3. The zero-order valence-corrected chi connectivity index (χ0v) is 16.3. The molecule has 1 aliphatic heterocycles. The highest BCUT2D eigenvalue weighted by Crippen LogP contribution is 2.30. The summed E-state index contributed by atoms with van der Waals surface area (Å²) in [6, 6.07) is 1.42. The molecule has 0 aromatic carbocycles. The minimum atomic E-state index is 0.391. The van der Waals surface area contributed by atoms with Crippen molar-refractivity contribution in [2.24, 2.45) is 5.92 Å². The van der Waals surface area contributed by atoms with Gasteiger partial charge in [-0.3, -0.25) is 9.80 Å². The molecular weight excluding hydrogens is 284 g/mol. The predicted molar refractivity (Wildman–Crippen MR) is 98.9 cm³/mol. The summed E-state index contributed by atoms with van der Waals surface area (Å²) in [4.78, 5) is 5.34. The lowest BCUT2D eigenvalue weighted by atomic mass is 9.84. The maximum Gasteiger partial charge on any atom is 0.0578 e. The van der Waals surface area contributed by atoms with Crippen molar-refractivity contribution in [1.29, 1.82) is 0 Å². The number of piperazine rings is 1. The lowest BCUT2D eigenvalue weighted by molar-refractivity contribution is -0.0206. The van der Waals surface area contributed by atoms with E-state index in [1.54, 1.807) is 0 Å². The summed E-state index contributed by atoms with van der Waals surface area (Å²) in [5.74, 6) is 0.953. The van der Waals surface area contributed by atoms with Crippen LogP contribution in [0, 0.1) is 5.92 Å². The molecule has 1 atom stereocenters. The van der Waals surface area contributed by atoms with Gasteiger partial charge in [-0.25, -0.2) is 0 Å². The van der Waals surface area contributed by atoms with Crippen LogP contribution in [0.1, 0.15) is 73.1 Å². The van der Waals surface area contributed by atoms with Crippen molar-refractivity contribution in [2.45, 2.75) is 97.4 Å². The monoisotopic (exact) mass is 324 g/mol. The van der Waals surface area contributed by atoms with Gasteiger partial charge >= 0.3 is 0 Å². The largest absolute Gasteiger partial charge is 0.376 e. The third-order valence-electron chi connectivity index (χ3n) is 5.84. The van der Waals surface area contributed by atoms with Crippen LogP contribution in [0.2, 0.25) is 0 Å². The van der Waals surface area contributed by atoms with Crippen LogP contribution >= 0.6 is 0 Å². The molecular formula is C20H40N2O. The van der Waals surface area contributed by atoms with Crippen LogP contribution in [-0.2, 0) is 4.74 Å². The van der Waals surface area contributed by atoms with E-state index in [1.807, 2.05) is 0 Å². The highest BCUT2D eigenvalue weighted by atomic mass is 16.5. The summed E-state index contributed by atoms with van der Waals surface area (Å²) in [6.07, 6.45) is 9.07. The van der Waals surface area contributed by atoms with Crippen molar-refractivity contribution < 1.29 is 4.74 Å². The van der Waals surface area contributed by atoms with E-state index in [2.05, 4.69) is 44.4 Å². The molecule has 0 bridgehead atoms. The van der Waals surface area contributed by atoms with Crippen molar-refractivity contribution in [2.75, 3.05) is 26.2 Å². The van der Waals surface area contributed by atoms with Gasteiger partial charge < -0.3 is 4.74 Å². The second-order valence-corrected chi connectivity index (χ2v) is 8.44. The number of rotatable bonds is 7. The molecule has 0 spiro atoms. The van der Waals surface area contributed by atoms with Crippen LogP contribution in [0.25, 0.3) is 0 Å². The molecule has 23 heavy (non-hydrogen) atoms. The zero-order chi connectivity index (χ0) is 16.8. The Morgan fingerprint density at radius 2 is 1.70 bits per heavy atom. The van der Waals surface area contributed by atoms with E-state index >= 15 is 0 Å². The standard InChI is InChI=1S/C20H40N2O/c1-16(2)22-14-13-21(18(5)15-22)12-6-7-19-8-10-20(11-9-19)23-17(3)4/h16-20H,6-15H2,1-5H3/t18-,19-,20-/m1/s1. The molecule has 0 N–H and O–H groups in total. The fourth-order valence-electron chi connectivity index (χ4n) is 4.35. The number of hydrogen-bond donors (Lipinski definition) is 0. The Bertz CT molecular complexity index is 324. The van der Waals surface area contributed by atoms with Gasteiger partial charge in [0.05, 0.1) is 12.2 Å². The molecule has 0 amide bonds. The molecule has 1 saturated heterocycles. The number of hydrogen-bond acceptors (Lipinski definition) is 3. The van der Waals surface area contributed by atoms with Crippen LogP contribution in [-0.4, -0.2) is 60.3 Å². The van der Waals surface area contributed by atoms with E-state index in [9.17, 15) is 0 Å². The lowest BCUT2D eigenvalue weighted by Gasteiger charge is -2.42. The molecule has 1 saturated carbocycles. The molecule has 3 heteroatoms. The average molecular weight is 325 g/mol. The Labute approximate surface area is 144 Å². The Morgan fingerprint density at radius 1 is 1.00 bits per heavy atom. The SMILES string of the molecule is CC(C)O[C@H]1CC[C@H](CCCN2CCN(C(C)C)C[C@H]2C)CC1. The first-order valence-electron chi connectivity index (χ1n) is 10.1. The summed E-state index contributed by atoms with van der Waals surface area (Å²) >= 11 is 0. The first-order chi connectivity index (χ1) is 11.0. The maximum atomic E-state index is 5.97. The Morgan fingerprint density at radius 3 is 2.26 bits per heavy atom. The molecule has 0 aromatic rings. The fraction of sp³-hybridized carbons (Fsp3) is 1.00. The molecule has 136 valence electrons. The van der Waals surface area contributed by atoms with Gasteiger partial charge in [0, 0.05) is 31.7 Å². The molecule has 1 aliphatic carbocycles. The Kier molecular flexibility index (Phi) is 7.84. The van der Waals surface area contributed by atoms with Crippen LogP contribution in [0.5, 0.6) is 0 Å². The summed E-state index contributed by atoms with van der Waals surface area (Å²) in [5, 5.41) is 0. The van der Waals surface area contributed by atoms with Gasteiger partial charge in [0.15, 0.2) is 0 Å². The smallest absolute Gasteiger partial charge is 0.0578 e. The first kappa shape index (κ1) is 19.2. The van der Waals surface area contributed by atoms with E-state index in [0.29, 0.717) is 18.2 Å². The first-order valence-corrected chi connectivity index (χ1v) is 10.1. The fourth-order valence-corrected chi connectivity index (χ4v) is 4.35. The van der Waals surface area contributed by atoms with Crippen molar-refractivity contribution in [1.82, 2.24) is 9.80 Å². The van der Waals surface area contributed by atoms with Crippen LogP contribution in [0.15, 0.2) is 0 Å².